The summed E-state index contributed by atoms with van der Waals surface area (Å²) in [6.07, 6.45) is -4.73. The van der Waals surface area contributed by atoms with Gasteiger partial charge in [-0.1, -0.05) is 35.9 Å². The van der Waals surface area contributed by atoms with Gasteiger partial charge in [0.2, 0.25) is 0 Å². The zero-order valence-corrected chi connectivity index (χ0v) is 12.2. The Morgan fingerprint density at radius 1 is 1.05 bits per heavy atom. The van der Waals surface area contributed by atoms with Crippen molar-refractivity contribution in [3.05, 3.63) is 47.5 Å². The number of hydrogen-bond donors (Lipinski definition) is 0. The van der Waals surface area contributed by atoms with Crippen LogP contribution in [-0.4, -0.2) is 20.5 Å². The molecule has 0 bridgehead atoms. The summed E-state index contributed by atoms with van der Waals surface area (Å²) in [5, 5.41) is 0.526. The van der Waals surface area contributed by atoms with Crippen molar-refractivity contribution in [3.8, 4) is 16.9 Å². The van der Waals surface area contributed by atoms with Crippen LogP contribution in [0.25, 0.3) is 11.1 Å². The standard InChI is InChI=1S/C15H13ClF3NO/c1-20(2)13-9-10(7-8-12(13)16)11-5-3-4-6-14(11)21-15(17,18)19/h3-9H,1-2H3. The first-order valence-corrected chi connectivity index (χ1v) is 6.48. The lowest BCUT2D eigenvalue weighted by Gasteiger charge is -2.17. The van der Waals surface area contributed by atoms with E-state index in [4.69, 9.17) is 11.6 Å². The fraction of sp³-hybridized carbons (Fsp3) is 0.200. The molecule has 0 fully saturated rings. The van der Waals surface area contributed by atoms with Crippen LogP contribution in [0.3, 0.4) is 0 Å². The molecule has 0 saturated heterocycles. The van der Waals surface area contributed by atoms with Gasteiger partial charge in [-0.05, 0) is 23.8 Å². The first-order valence-electron chi connectivity index (χ1n) is 6.10. The van der Waals surface area contributed by atoms with E-state index in [1.165, 1.54) is 12.1 Å². The van der Waals surface area contributed by atoms with Gasteiger partial charge in [-0.3, -0.25) is 0 Å². The van der Waals surface area contributed by atoms with Gasteiger partial charge in [-0.2, -0.15) is 0 Å². The Labute approximate surface area is 125 Å². The molecular weight excluding hydrogens is 303 g/mol. The summed E-state index contributed by atoms with van der Waals surface area (Å²) in [6, 6.07) is 11.0. The van der Waals surface area contributed by atoms with Gasteiger partial charge in [0.1, 0.15) is 5.75 Å². The van der Waals surface area contributed by atoms with E-state index in [-0.39, 0.29) is 5.75 Å². The molecule has 6 heteroatoms. The molecule has 0 aliphatic rings. The third-order valence-electron chi connectivity index (χ3n) is 2.85. The van der Waals surface area contributed by atoms with Crippen molar-refractivity contribution in [1.82, 2.24) is 0 Å². The van der Waals surface area contributed by atoms with Crippen molar-refractivity contribution in [3.63, 3.8) is 0 Å². The van der Waals surface area contributed by atoms with Crippen LogP contribution in [0.1, 0.15) is 0 Å². The number of anilines is 1. The average Bonchev–Trinajstić information content (AvgIpc) is 2.38. The number of nitrogens with zero attached hydrogens (tertiary/aromatic N) is 1. The number of hydrogen-bond acceptors (Lipinski definition) is 2. The van der Waals surface area contributed by atoms with E-state index < -0.39 is 6.36 Å². The van der Waals surface area contributed by atoms with Gasteiger partial charge in [0.25, 0.3) is 0 Å². The molecule has 2 aromatic rings. The maximum Gasteiger partial charge on any atom is 0.573 e. The fourth-order valence-corrected chi connectivity index (χ4v) is 2.23. The highest BCUT2D eigenvalue weighted by Gasteiger charge is 2.32. The largest absolute Gasteiger partial charge is 0.573 e. The molecule has 21 heavy (non-hydrogen) atoms. The molecule has 0 aliphatic heterocycles. The van der Waals surface area contributed by atoms with Crippen molar-refractivity contribution in [1.29, 1.82) is 0 Å². The van der Waals surface area contributed by atoms with E-state index in [2.05, 4.69) is 4.74 Å². The highest BCUT2D eigenvalue weighted by atomic mass is 35.5. The molecule has 112 valence electrons. The van der Waals surface area contributed by atoms with E-state index in [1.54, 1.807) is 35.2 Å². The van der Waals surface area contributed by atoms with Crippen LogP contribution in [0.15, 0.2) is 42.5 Å². The summed E-state index contributed by atoms with van der Waals surface area (Å²) in [5.74, 6) is -0.239. The summed E-state index contributed by atoms with van der Waals surface area (Å²) in [7, 11) is 3.62. The molecule has 0 heterocycles. The van der Waals surface area contributed by atoms with Gasteiger partial charge in [0.15, 0.2) is 0 Å². The minimum Gasteiger partial charge on any atom is -0.405 e. The zero-order chi connectivity index (χ0) is 15.6. The molecule has 0 aliphatic carbocycles. The molecule has 0 N–H and O–H groups in total. The number of ether oxygens (including phenoxy) is 1. The van der Waals surface area contributed by atoms with Crippen LogP contribution in [0.5, 0.6) is 5.75 Å². The van der Waals surface area contributed by atoms with Crippen LogP contribution in [0.4, 0.5) is 18.9 Å². The molecule has 0 radical (unpaired) electrons. The van der Waals surface area contributed by atoms with Crippen molar-refractivity contribution in [2.45, 2.75) is 6.36 Å². The van der Waals surface area contributed by atoms with E-state index in [9.17, 15) is 13.2 Å². The van der Waals surface area contributed by atoms with Crippen molar-refractivity contribution >= 4 is 17.3 Å². The Hall–Kier alpha value is -1.88. The van der Waals surface area contributed by atoms with E-state index in [0.29, 0.717) is 16.1 Å². The van der Waals surface area contributed by atoms with E-state index in [1.807, 2.05) is 14.1 Å². The lowest BCUT2D eigenvalue weighted by molar-refractivity contribution is -0.274. The molecule has 0 saturated carbocycles. The topological polar surface area (TPSA) is 12.5 Å². The molecule has 2 aromatic carbocycles. The Balaban J connectivity index is 2.50. The van der Waals surface area contributed by atoms with Crippen molar-refractivity contribution in [2.75, 3.05) is 19.0 Å². The molecule has 0 spiro atoms. The van der Waals surface area contributed by atoms with Crippen LogP contribution in [0, 0.1) is 0 Å². The molecule has 2 nitrogen and oxygen atoms in total. The Morgan fingerprint density at radius 3 is 2.33 bits per heavy atom. The number of rotatable bonds is 3. The number of para-hydroxylation sites is 1. The lowest BCUT2D eigenvalue weighted by Crippen LogP contribution is -2.17. The highest BCUT2D eigenvalue weighted by molar-refractivity contribution is 6.33. The summed E-state index contributed by atoms with van der Waals surface area (Å²) in [4.78, 5) is 1.79. The molecule has 0 unspecified atom stereocenters. The van der Waals surface area contributed by atoms with E-state index in [0.717, 1.165) is 5.69 Å². The van der Waals surface area contributed by atoms with Gasteiger partial charge < -0.3 is 9.64 Å². The predicted molar refractivity (Wildman–Crippen MR) is 77.9 cm³/mol. The van der Waals surface area contributed by atoms with Gasteiger partial charge >= 0.3 is 6.36 Å². The van der Waals surface area contributed by atoms with Crippen molar-refractivity contribution in [2.24, 2.45) is 0 Å². The third-order valence-corrected chi connectivity index (χ3v) is 3.17. The Morgan fingerprint density at radius 2 is 1.71 bits per heavy atom. The maximum absolute atomic E-state index is 12.5. The third kappa shape index (κ3) is 3.82. The average molecular weight is 316 g/mol. The zero-order valence-electron chi connectivity index (χ0n) is 11.4. The number of benzene rings is 2. The first-order chi connectivity index (χ1) is 9.78. The summed E-state index contributed by atoms with van der Waals surface area (Å²) in [5.41, 5.74) is 1.67. The predicted octanol–water partition coefficient (Wildman–Crippen LogP) is 4.97. The molecule has 0 amide bonds. The second-order valence-corrected chi connectivity index (χ2v) is 5.01. The van der Waals surface area contributed by atoms with Gasteiger partial charge in [0, 0.05) is 19.7 Å². The molecule has 2 rings (SSSR count). The molecule has 0 aromatic heterocycles. The van der Waals surface area contributed by atoms with Crippen LogP contribution < -0.4 is 9.64 Å². The quantitative estimate of drug-likeness (QED) is 0.792. The van der Waals surface area contributed by atoms with Crippen LogP contribution in [-0.2, 0) is 0 Å². The lowest BCUT2D eigenvalue weighted by atomic mass is 10.0. The second-order valence-electron chi connectivity index (χ2n) is 4.60. The van der Waals surface area contributed by atoms with Crippen LogP contribution in [0.2, 0.25) is 5.02 Å². The monoisotopic (exact) mass is 315 g/mol. The van der Waals surface area contributed by atoms with Gasteiger partial charge in [-0.25, -0.2) is 0 Å². The fourth-order valence-electron chi connectivity index (χ4n) is 1.94. The second kappa shape index (κ2) is 5.85. The van der Waals surface area contributed by atoms with Gasteiger partial charge in [-0.15, -0.1) is 13.2 Å². The van der Waals surface area contributed by atoms with Crippen LogP contribution >= 0.6 is 11.6 Å². The highest BCUT2D eigenvalue weighted by Crippen LogP contribution is 2.36. The van der Waals surface area contributed by atoms with Gasteiger partial charge in [0.05, 0.1) is 10.7 Å². The summed E-state index contributed by atoms with van der Waals surface area (Å²) in [6.45, 7) is 0. The SMILES string of the molecule is CN(C)c1cc(-c2ccccc2OC(F)(F)F)ccc1Cl. The first kappa shape index (κ1) is 15.5. The van der Waals surface area contributed by atoms with E-state index >= 15 is 0 Å². The minimum atomic E-state index is -4.73. The normalized spacial score (nSPS) is 11.3. The minimum absolute atomic E-state index is 0.239. The van der Waals surface area contributed by atoms with Crippen molar-refractivity contribution < 1.29 is 17.9 Å². The smallest absolute Gasteiger partial charge is 0.405 e. The number of halogens is 4. The summed E-state index contributed by atoms with van der Waals surface area (Å²) < 4.78 is 41.4. The number of alkyl halides is 3. The Bertz CT molecular complexity index is 641. The Kier molecular flexibility index (Phi) is 4.32. The molecular formula is C15H13ClF3NO. The maximum atomic E-state index is 12.5. The summed E-state index contributed by atoms with van der Waals surface area (Å²) >= 11 is 6.07. The molecule has 0 atom stereocenters.